The molecule has 0 aliphatic heterocycles. The Labute approximate surface area is 387 Å². The van der Waals surface area contributed by atoms with Crippen molar-refractivity contribution in [2.24, 2.45) is 10.8 Å². The average Bonchev–Trinajstić information content (AvgIpc) is 3.07. The number of benzene rings is 4. The van der Waals surface area contributed by atoms with Crippen LogP contribution >= 0.6 is 53.4 Å². The first-order valence-electron chi connectivity index (χ1n) is 15.9. The molecule has 4 aromatic rings. The number of Topliss-reactive ketones (excluding diaryl/α,β-unsaturated/α-hetero) is 1. The standard InChI is InChI=1S/C37H39Br2NO8S4.2Na/c1-36(2,22-32(38)25-7-17-30(18-8-25)51(43,44)45)34(41)21-24-5-13-28(14-6-24)49-50-29-15-11-27(12-16-29)40-35(42)37(3,4)23-33(39)26-9-19-31(20-10-26)52(46,47)48;;/h5-20,32-33H,21-23H2,1-4H3,(H,40,42)(H,43,44,45)(H,46,47,48);;/q;2*+1/p-2. The molecule has 17 heteroatoms. The molecule has 0 aliphatic carbocycles. The number of halogens is 2. The fraction of sp³-hybridized carbons (Fsp3) is 0.297. The topological polar surface area (TPSA) is 161 Å². The Morgan fingerprint density at radius 3 is 1.39 bits per heavy atom. The van der Waals surface area contributed by atoms with E-state index < -0.39 is 31.1 Å². The molecule has 278 valence electrons. The minimum atomic E-state index is -4.53. The molecule has 2 unspecified atom stereocenters. The first-order valence-corrected chi connectivity index (χ1v) is 22.7. The monoisotopic (exact) mass is 955 g/mol. The van der Waals surface area contributed by atoms with Gasteiger partial charge in [0.05, 0.1) is 9.79 Å². The van der Waals surface area contributed by atoms with Gasteiger partial charge in [-0.05, 0) is 90.2 Å². The normalized spacial score (nSPS) is 13.2. The molecule has 9 nitrogen and oxygen atoms in total. The van der Waals surface area contributed by atoms with Crippen LogP contribution in [0, 0.1) is 10.8 Å². The summed E-state index contributed by atoms with van der Waals surface area (Å²) >= 11 is 7.20. The molecule has 0 bridgehead atoms. The largest absolute Gasteiger partial charge is 1.00 e. The van der Waals surface area contributed by atoms with Crippen LogP contribution in [0.4, 0.5) is 5.69 Å². The molecular formula is C37H37Br2NNa2O8S4. The number of amides is 1. The van der Waals surface area contributed by atoms with Crippen molar-refractivity contribution in [3.63, 3.8) is 0 Å². The van der Waals surface area contributed by atoms with Gasteiger partial charge in [-0.2, -0.15) is 0 Å². The van der Waals surface area contributed by atoms with E-state index in [2.05, 4.69) is 37.2 Å². The van der Waals surface area contributed by atoms with E-state index in [4.69, 9.17) is 0 Å². The Bertz CT molecular complexity index is 1950. The van der Waals surface area contributed by atoms with Gasteiger partial charge in [-0.25, -0.2) is 16.8 Å². The first kappa shape index (κ1) is 49.6. The van der Waals surface area contributed by atoms with Crippen LogP contribution in [0.5, 0.6) is 0 Å². The van der Waals surface area contributed by atoms with Crippen LogP contribution in [-0.2, 0) is 36.2 Å². The number of alkyl halides is 2. The molecule has 0 spiro atoms. The minimum absolute atomic E-state index is 0. The van der Waals surface area contributed by atoms with E-state index in [-0.39, 0.29) is 96.7 Å². The molecule has 0 radical (unpaired) electrons. The summed E-state index contributed by atoms with van der Waals surface area (Å²) in [6, 6.07) is 26.7. The van der Waals surface area contributed by atoms with Gasteiger partial charge in [0.2, 0.25) is 5.91 Å². The van der Waals surface area contributed by atoms with Crippen molar-refractivity contribution in [1.82, 2.24) is 0 Å². The van der Waals surface area contributed by atoms with Gasteiger partial charge < -0.3 is 14.4 Å². The zero-order chi connectivity index (χ0) is 38.5. The fourth-order valence-corrected chi connectivity index (χ4v) is 10.2. The summed E-state index contributed by atoms with van der Waals surface area (Å²) in [6.07, 6.45) is 1.17. The van der Waals surface area contributed by atoms with Crippen molar-refractivity contribution in [3.8, 4) is 0 Å². The van der Waals surface area contributed by atoms with Crippen molar-refractivity contribution >= 4 is 91.1 Å². The molecule has 0 aromatic heterocycles. The van der Waals surface area contributed by atoms with E-state index in [1.165, 1.54) is 24.3 Å². The van der Waals surface area contributed by atoms with Crippen LogP contribution < -0.4 is 64.4 Å². The van der Waals surface area contributed by atoms with Crippen LogP contribution in [0.2, 0.25) is 0 Å². The molecule has 0 heterocycles. The molecule has 0 fully saturated rings. The minimum Gasteiger partial charge on any atom is -0.744 e. The predicted octanol–water partition coefficient (Wildman–Crippen LogP) is 3.46. The number of carbonyl (C=O) groups is 2. The maximum atomic E-state index is 13.3. The zero-order valence-electron chi connectivity index (χ0n) is 30.7. The van der Waals surface area contributed by atoms with Crippen molar-refractivity contribution in [3.05, 3.63) is 114 Å². The second kappa shape index (κ2) is 21.0. The van der Waals surface area contributed by atoms with Gasteiger partial charge in [-0.15, -0.1) is 0 Å². The summed E-state index contributed by atoms with van der Waals surface area (Å²) in [7, 11) is -5.92. The predicted molar refractivity (Wildman–Crippen MR) is 211 cm³/mol. The van der Waals surface area contributed by atoms with Gasteiger partial charge in [-0.1, -0.05) is 118 Å². The Balaban J connectivity index is 0.00000504. The van der Waals surface area contributed by atoms with Crippen LogP contribution in [0.15, 0.2) is 117 Å². The van der Waals surface area contributed by atoms with Crippen molar-refractivity contribution < 1.29 is 94.6 Å². The molecule has 54 heavy (non-hydrogen) atoms. The van der Waals surface area contributed by atoms with E-state index >= 15 is 0 Å². The summed E-state index contributed by atoms with van der Waals surface area (Å²) < 4.78 is 67.3. The van der Waals surface area contributed by atoms with E-state index in [0.29, 0.717) is 18.5 Å². The van der Waals surface area contributed by atoms with Gasteiger partial charge in [0.25, 0.3) is 0 Å². The summed E-state index contributed by atoms with van der Waals surface area (Å²) in [4.78, 5) is 27.4. The number of nitrogens with one attached hydrogen (secondary N) is 1. The Morgan fingerprint density at radius 2 is 1.00 bits per heavy atom. The average molecular weight is 958 g/mol. The van der Waals surface area contributed by atoms with Crippen LogP contribution in [-0.4, -0.2) is 37.6 Å². The molecule has 4 rings (SSSR count). The summed E-state index contributed by atoms with van der Waals surface area (Å²) in [5.41, 5.74) is 1.64. The third-order valence-corrected chi connectivity index (χ3v) is 14.3. The van der Waals surface area contributed by atoms with Gasteiger partial charge in [0, 0.05) is 42.4 Å². The number of hydrogen-bond donors (Lipinski definition) is 1. The van der Waals surface area contributed by atoms with Crippen molar-refractivity contribution in [2.75, 3.05) is 5.32 Å². The third-order valence-electron chi connectivity index (χ3n) is 8.44. The summed E-state index contributed by atoms with van der Waals surface area (Å²) in [6.45, 7) is 7.42. The Kier molecular flexibility index (Phi) is 19.3. The molecule has 4 aromatic carbocycles. The molecule has 1 amide bonds. The van der Waals surface area contributed by atoms with Gasteiger partial charge in [0.1, 0.15) is 26.0 Å². The van der Waals surface area contributed by atoms with Crippen LogP contribution in [0.1, 0.15) is 66.9 Å². The SMILES string of the molecule is CC(C)(CC(Br)c1ccc(S(=O)(=O)[O-])cc1)C(=O)Cc1ccc(SSc2ccc(NC(=O)C(C)(C)CC(Br)c3ccc(S(=O)(=O)[O-])cc3)cc2)cc1.[Na+].[Na+]. The maximum absolute atomic E-state index is 13.3. The molecule has 0 saturated carbocycles. The van der Waals surface area contributed by atoms with E-state index in [1.807, 2.05) is 76.2 Å². The van der Waals surface area contributed by atoms with E-state index in [1.54, 1.807) is 45.9 Å². The van der Waals surface area contributed by atoms with Gasteiger partial charge in [0.15, 0.2) is 0 Å². The Morgan fingerprint density at radius 1 is 0.630 bits per heavy atom. The number of carbonyl (C=O) groups excluding carboxylic acids is 2. The second-order valence-corrected chi connectivity index (χ2v) is 20.8. The number of ketones is 1. The van der Waals surface area contributed by atoms with Gasteiger partial charge in [-0.3, -0.25) is 9.59 Å². The number of anilines is 1. The second-order valence-electron chi connectivity index (χ2n) is 13.5. The van der Waals surface area contributed by atoms with E-state index in [0.717, 1.165) is 26.5 Å². The zero-order valence-corrected chi connectivity index (χ0v) is 41.1. The van der Waals surface area contributed by atoms with Crippen LogP contribution in [0.25, 0.3) is 0 Å². The van der Waals surface area contributed by atoms with Crippen LogP contribution in [0.3, 0.4) is 0 Å². The smallest absolute Gasteiger partial charge is 0.744 e. The molecule has 1 N–H and O–H groups in total. The number of rotatable bonds is 16. The van der Waals surface area contributed by atoms with Crippen molar-refractivity contribution in [1.29, 1.82) is 0 Å². The summed E-state index contributed by atoms with van der Waals surface area (Å²) in [5, 5.41) is 2.97. The first-order chi connectivity index (χ1) is 24.1. The number of hydrogen-bond acceptors (Lipinski definition) is 10. The molecule has 0 aliphatic rings. The quantitative estimate of drug-likeness (QED) is 0.0763. The third kappa shape index (κ3) is 14.7. The summed E-state index contributed by atoms with van der Waals surface area (Å²) in [5.74, 6) is -0.107. The molecule has 0 saturated heterocycles. The van der Waals surface area contributed by atoms with E-state index in [9.17, 15) is 35.5 Å². The van der Waals surface area contributed by atoms with Gasteiger partial charge >= 0.3 is 59.1 Å². The fourth-order valence-electron chi connectivity index (χ4n) is 5.10. The Hall–Kier alpha value is -0.500. The molecular weight excluding hydrogens is 920 g/mol. The molecule has 2 atom stereocenters. The van der Waals surface area contributed by atoms with Crippen molar-refractivity contribution in [2.45, 2.75) is 76.2 Å². The maximum Gasteiger partial charge on any atom is 1.00 e.